The molecule has 0 amide bonds. The minimum absolute atomic E-state index is 0.329. The predicted octanol–water partition coefficient (Wildman–Crippen LogP) is 6.41. The van der Waals surface area contributed by atoms with Gasteiger partial charge in [0.1, 0.15) is 11.5 Å². The van der Waals surface area contributed by atoms with Gasteiger partial charge in [-0.05, 0) is 96.2 Å². The van der Waals surface area contributed by atoms with Crippen LogP contribution in [0.4, 0.5) is 0 Å². The first-order valence-electron chi connectivity index (χ1n) is 10.0. The van der Waals surface area contributed by atoms with Gasteiger partial charge in [-0.15, -0.1) is 0 Å². The molecule has 2 heteroatoms. The third-order valence-corrected chi connectivity index (χ3v) is 5.68. The summed E-state index contributed by atoms with van der Waals surface area (Å²) in [6.07, 6.45) is 1.97. The molecule has 0 radical (unpaired) electrons. The molecule has 0 aliphatic rings. The lowest BCUT2D eigenvalue weighted by atomic mass is 9.88. The van der Waals surface area contributed by atoms with Gasteiger partial charge in [0, 0.05) is 0 Å². The van der Waals surface area contributed by atoms with Crippen LogP contribution in [-0.2, 0) is 12.8 Å². The highest BCUT2D eigenvalue weighted by Gasteiger charge is 2.12. The van der Waals surface area contributed by atoms with Crippen LogP contribution in [0.3, 0.4) is 0 Å². The Morgan fingerprint density at radius 1 is 0.607 bits per heavy atom. The van der Waals surface area contributed by atoms with Crippen molar-refractivity contribution in [2.75, 3.05) is 0 Å². The number of phenols is 2. The van der Waals surface area contributed by atoms with Crippen LogP contribution in [0.2, 0.25) is 0 Å². The fraction of sp³-hybridized carbons (Fsp3) is 0.308. The summed E-state index contributed by atoms with van der Waals surface area (Å²) in [6.45, 7) is 8.59. The molecular weight excluding hydrogens is 344 g/mol. The van der Waals surface area contributed by atoms with Crippen LogP contribution in [0, 0.1) is 13.8 Å². The maximum atomic E-state index is 9.61. The second-order valence-electron chi connectivity index (χ2n) is 8.11. The molecular formula is C26H30O2. The number of rotatable bonds is 6. The number of aromatic hydroxyl groups is 2. The van der Waals surface area contributed by atoms with E-state index in [2.05, 4.69) is 52.0 Å². The van der Waals surface area contributed by atoms with E-state index in [0.717, 1.165) is 24.0 Å². The molecule has 0 fully saturated rings. The molecule has 3 rings (SSSR count). The molecule has 3 aromatic carbocycles. The van der Waals surface area contributed by atoms with Crippen LogP contribution in [0.1, 0.15) is 59.1 Å². The first kappa shape index (κ1) is 20.0. The van der Waals surface area contributed by atoms with E-state index < -0.39 is 0 Å². The zero-order chi connectivity index (χ0) is 20.3. The molecule has 28 heavy (non-hydrogen) atoms. The lowest BCUT2D eigenvalue weighted by Gasteiger charge is -2.17. The summed E-state index contributed by atoms with van der Waals surface area (Å²) in [6, 6.07) is 20.2. The molecule has 0 bridgehead atoms. The summed E-state index contributed by atoms with van der Waals surface area (Å²) in [5, 5.41) is 19.2. The van der Waals surface area contributed by atoms with Crippen molar-refractivity contribution in [2.45, 2.75) is 52.4 Å². The Morgan fingerprint density at radius 3 is 1.29 bits per heavy atom. The molecule has 0 aliphatic carbocycles. The fourth-order valence-electron chi connectivity index (χ4n) is 4.16. The summed E-state index contributed by atoms with van der Waals surface area (Å²) >= 11 is 0. The van der Waals surface area contributed by atoms with E-state index in [0.29, 0.717) is 23.3 Å². The first-order chi connectivity index (χ1) is 13.3. The van der Waals surface area contributed by atoms with Gasteiger partial charge in [0.05, 0.1) is 0 Å². The van der Waals surface area contributed by atoms with E-state index in [1.54, 1.807) is 12.1 Å². The normalized spacial score (nSPS) is 13.3. The number of benzene rings is 3. The average Bonchev–Trinajstić information content (AvgIpc) is 2.63. The largest absolute Gasteiger partial charge is 0.508 e. The Kier molecular flexibility index (Phi) is 6.08. The van der Waals surface area contributed by atoms with Crippen LogP contribution < -0.4 is 0 Å². The van der Waals surface area contributed by atoms with Crippen molar-refractivity contribution < 1.29 is 10.2 Å². The van der Waals surface area contributed by atoms with Crippen LogP contribution >= 0.6 is 0 Å². The number of aryl methyl sites for hydroxylation is 2. The minimum atomic E-state index is 0.329. The Bertz CT molecular complexity index is 863. The molecule has 2 atom stereocenters. The van der Waals surface area contributed by atoms with Crippen LogP contribution in [-0.4, -0.2) is 10.2 Å². The van der Waals surface area contributed by atoms with Crippen molar-refractivity contribution in [2.24, 2.45) is 0 Å². The molecule has 0 aliphatic heterocycles. The third kappa shape index (κ3) is 4.75. The zero-order valence-electron chi connectivity index (χ0n) is 17.2. The Balaban J connectivity index is 1.66. The predicted molar refractivity (Wildman–Crippen MR) is 116 cm³/mol. The summed E-state index contributed by atoms with van der Waals surface area (Å²) < 4.78 is 0. The Morgan fingerprint density at radius 2 is 0.964 bits per heavy atom. The zero-order valence-corrected chi connectivity index (χ0v) is 17.2. The summed E-state index contributed by atoms with van der Waals surface area (Å²) in [5.74, 6) is 1.47. The van der Waals surface area contributed by atoms with Gasteiger partial charge >= 0.3 is 0 Å². The van der Waals surface area contributed by atoms with E-state index in [-0.39, 0.29) is 0 Å². The van der Waals surface area contributed by atoms with Gasteiger partial charge < -0.3 is 10.2 Å². The topological polar surface area (TPSA) is 40.5 Å². The first-order valence-corrected chi connectivity index (χ1v) is 10.0. The van der Waals surface area contributed by atoms with Gasteiger partial charge in [0.2, 0.25) is 0 Å². The minimum Gasteiger partial charge on any atom is -0.508 e. The number of hydrogen-bond donors (Lipinski definition) is 2. The molecule has 2 unspecified atom stereocenters. The van der Waals surface area contributed by atoms with E-state index in [4.69, 9.17) is 0 Å². The fourth-order valence-corrected chi connectivity index (χ4v) is 4.16. The van der Waals surface area contributed by atoms with E-state index >= 15 is 0 Å². The molecule has 3 aromatic rings. The maximum Gasteiger partial charge on any atom is 0.115 e. The van der Waals surface area contributed by atoms with Gasteiger partial charge in [-0.25, -0.2) is 0 Å². The quantitative estimate of drug-likeness (QED) is 0.523. The van der Waals surface area contributed by atoms with Crippen molar-refractivity contribution in [3.05, 3.63) is 94.0 Å². The second kappa shape index (κ2) is 8.52. The number of hydrogen-bond acceptors (Lipinski definition) is 2. The molecule has 0 aromatic heterocycles. The van der Waals surface area contributed by atoms with Crippen LogP contribution in [0.15, 0.2) is 60.7 Å². The highest BCUT2D eigenvalue weighted by molar-refractivity contribution is 5.38. The van der Waals surface area contributed by atoms with Gasteiger partial charge in [-0.1, -0.05) is 50.2 Å². The van der Waals surface area contributed by atoms with Gasteiger partial charge in [0.25, 0.3) is 0 Å². The summed E-state index contributed by atoms with van der Waals surface area (Å²) in [5.41, 5.74) is 7.52. The smallest absolute Gasteiger partial charge is 0.115 e. The van der Waals surface area contributed by atoms with Crippen molar-refractivity contribution in [1.29, 1.82) is 0 Å². The molecule has 146 valence electrons. The van der Waals surface area contributed by atoms with Gasteiger partial charge in [-0.2, -0.15) is 0 Å². The van der Waals surface area contributed by atoms with Crippen molar-refractivity contribution >= 4 is 0 Å². The van der Waals surface area contributed by atoms with Crippen molar-refractivity contribution in [3.63, 3.8) is 0 Å². The maximum absolute atomic E-state index is 9.61. The summed E-state index contributed by atoms with van der Waals surface area (Å²) in [4.78, 5) is 0. The Hall–Kier alpha value is -2.74. The van der Waals surface area contributed by atoms with Gasteiger partial charge in [-0.3, -0.25) is 0 Å². The lowest BCUT2D eigenvalue weighted by molar-refractivity contribution is 0.473. The number of phenolic OH excluding ortho intramolecular Hbond substituents is 2. The highest BCUT2D eigenvalue weighted by Crippen LogP contribution is 2.28. The summed E-state index contributed by atoms with van der Waals surface area (Å²) in [7, 11) is 0. The molecule has 0 heterocycles. The Labute approximate surface area is 168 Å². The molecule has 0 spiro atoms. The lowest BCUT2D eigenvalue weighted by Crippen LogP contribution is -2.02. The van der Waals surface area contributed by atoms with E-state index in [1.165, 1.54) is 22.3 Å². The standard InChI is InChI=1S/C26H30O2/c1-17(25-11-9-23(27)15-19(25)3)13-21-5-7-22(8-6-21)14-18(2)26-12-10-24(28)16-20(26)4/h5-12,15-18,27-28H,13-14H2,1-4H3. The highest BCUT2D eigenvalue weighted by atomic mass is 16.3. The monoisotopic (exact) mass is 374 g/mol. The SMILES string of the molecule is Cc1cc(O)ccc1C(C)Cc1ccc(CC(C)c2ccc(O)cc2C)cc1. The van der Waals surface area contributed by atoms with E-state index in [9.17, 15) is 10.2 Å². The van der Waals surface area contributed by atoms with Crippen LogP contribution in [0.25, 0.3) is 0 Å². The van der Waals surface area contributed by atoms with Crippen molar-refractivity contribution in [1.82, 2.24) is 0 Å². The third-order valence-electron chi connectivity index (χ3n) is 5.68. The molecule has 0 saturated heterocycles. The van der Waals surface area contributed by atoms with Crippen molar-refractivity contribution in [3.8, 4) is 11.5 Å². The van der Waals surface area contributed by atoms with Gasteiger partial charge in [0.15, 0.2) is 0 Å². The second-order valence-corrected chi connectivity index (χ2v) is 8.11. The van der Waals surface area contributed by atoms with E-state index in [1.807, 2.05) is 24.3 Å². The van der Waals surface area contributed by atoms with Crippen LogP contribution in [0.5, 0.6) is 11.5 Å². The molecule has 0 saturated carbocycles. The average molecular weight is 375 g/mol. The molecule has 2 nitrogen and oxygen atoms in total. The molecule has 2 N–H and O–H groups in total.